The third-order valence-electron chi connectivity index (χ3n) is 2.71. The third-order valence-corrected chi connectivity index (χ3v) is 2.71. The van der Waals surface area contributed by atoms with Crippen molar-refractivity contribution in [1.82, 2.24) is 0 Å². The molecule has 0 spiro atoms. The molecule has 1 atom stereocenters. The van der Waals surface area contributed by atoms with Crippen LogP contribution in [0.25, 0.3) is 0 Å². The number of nitrogens with one attached hydrogen (secondary N) is 1. The minimum Gasteiger partial charge on any atom is -0.507 e. The normalized spacial score (nSPS) is 12.8. The first-order chi connectivity index (χ1) is 8.62. The van der Waals surface area contributed by atoms with E-state index in [-0.39, 0.29) is 5.56 Å². The van der Waals surface area contributed by atoms with E-state index in [2.05, 4.69) is 5.32 Å². The fourth-order valence-electron chi connectivity index (χ4n) is 1.40. The summed E-state index contributed by atoms with van der Waals surface area (Å²) in [6.07, 6.45) is 0. The molecule has 0 fully saturated rings. The smallest absolute Gasteiger partial charge is 0.339 e. The molecule has 0 aromatic heterocycles. The van der Waals surface area contributed by atoms with Crippen LogP contribution in [0.15, 0.2) is 18.2 Å². The number of carbonyl (C=O) groups excluding carboxylic acids is 1. The van der Waals surface area contributed by atoms with E-state index in [1.807, 2.05) is 20.8 Å². The molecule has 6 heteroatoms. The van der Waals surface area contributed by atoms with Crippen LogP contribution < -0.4 is 11.1 Å². The molecule has 0 aliphatic rings. The second-order valence-electron chi connectivity index (χ2n) is 5.37. The Bertz CT molecular complexity index is 506. The van der Waals surface area contributed by atoms with Crippen molar-refractivity contribution in [3.05, 3.63) is 23.8 Å². The number of carboxylic acid groups (broad SMARTS) is 1. The first kappa shape index (κ1) is 15.0. The summed E-state index contributed by atoms with van der Waals surface area (Å²) < 4.78 is 0. The molecule has 0 radical (unpaired) electrons. The molecule has 1 amide bonds. The van der Waals surface area contributed by atoms with Gasteiger partial charge in [0.15, 0.2) is 0 Å². The molecule has 1 unspecified atom stereocenters. The highest BCUT2D eigenvalue weighted by Crippen LogP contribution is 2.23. The number of benzene rings is 1. The predicted octanol–water partition coefficient (Wildman–Crippen LogP) is 1.40. The first-order valence-corrected chi connectivity index (χ1v) is 5.75. The average Bonchev–Trinajstić information content (AvgIpc) is 2.26. The number of carboxylic acids is 1. The van der Waals surface area contributed by atoms with Gasteiger partial charge in [0.25, 0.3) is 0 Å². The van der Waals surface area contributed by atoms with Crippen molar-refractivity contribution < 1.29 is 19.8 Å². The van der Waals surface area contributed by atoms with E-state index in [1.54, 1.807) is 0 Å². The lowest BCUT2D eigenvalue weighted by Crippen LogP contribution is -2.45. The van der Waals surface area contributed by atoms with Gasteiger partial charge in [0.2, 0.25) is 5.91 Å². The van der Waals surface area contributed by atoms with Gasteiger partial charge in [0.1, 0.15) is 11.3 Å². The first-order valence-electron chi connectivity index (χ1n) is 5.75. The highest BCUT2D eigenvalue weighted by atomic mass is 16.4. The SMILES string of the molecule is CC(C)(C)C(N)C(=O)Nc1ccc(C(=O)O)c(O)c1. The van der Waals surface area contributed by atoms with E-state index in [0.717, 1.165) is 0 Å². The molecular weight excluding hydrogens is 248 g/mol. The van der Waals surface area contributed by atoms with E-state index in [9.17, 15) is 14.7 Å². The number of aromatic carboxylic acids is 1. The average molecular weight is 266 g/mol. The summed E-state index contributed by atoms with van der Waals surface area (Å²) in [6, 6.07) is 3.08. The minimum absolute atomic E-state index is 0.224. The zero-order chi connectivity index (χ0) is 14.8. The van der Waals surface area contributed by atoms with Crippen LogP contribution in [-0.4, -0.2) is 28.1 Å². The second-order valence-corrected chi connectivity index (χ2v) is 5.37. The maximum absolute atomic E-state index is 11.9. The topological polar surface area (TPSA) is 113 Å². The highest BCUT2D eigenvalue weighted by molar-refractivity contribution is 5.97. The van der Waals surface area contributed by atoms with E-state index in [4.69, 9.17) is 10.8 Å². The largest absolute Gasteiger partial charge is 0.507 e. The number of anilines is 1. The van der Waals surface area contributed by atoms with Crippen LogP contribution in [0, 0.1) is 5.41 Å². The number of aromatic hydroxyl groups is 1. The quantitative estimate of drug-likeness (QED) is 0.660. The van der Waals surface area contributed by atoms with Gasteiger partial charge in [0, 0.05) is 11.8 Å². The Kier molecular flexibility index (Phi) is 4.16. The van der Waals surface area contributed by atoms with Crippen molar-refractivity contribution in [2.45, 2.75) is 26.8 Å². The molecule has 104 valence electrons. The van der Waals surface area contributed by atoms with Crippen LogP contribution in [0.5, 0.6) is 5.75 Å². The van der Waals surface area contributed by atoms with Gasteiger partial charge in [-0.05, 0) is 17.5 Å². The monoisotopic (exact) mass is 266 g/mol. The molecule has 19 heavy (non-hydrogen) atoms. The van der Waals surface area contributed by atoms with Crippen molar-refractivity contribution in [2.75, 3.05) is 5.32 Å². The molecule has 0 saturated carbocycles. The zero-order valence-electron chi connectivity index (χ0n) is 11.1. The summed E-state index contributed by atoms with van der Waals surface area (Å²) in [7, 11) is 0. The summed E-state index contributed by atoms with van der Waals surface area (Å²) in [4.78, 5) is 22.6. The molecule has 6 nitrogen and oxygen atoms in total. The minimum atomic E-state index is -1.23. The van der Waals surface area contributed by atoms with Crippen molar-refractivity contribution in [3.8, 4) is 5.75 Å². The summed E-state index contributed by atoms with van der Waals surface area (Å²) in [5.41, 5.74) is 5.47. The van der Waals surface area contributed by atoms with Crippen LogP contribution in [0.3, 0.4) is 0 Å². The lowest BCUT2D eigenvalue weighted by molar-refractivity contribution is -0.119. The number of hydrogen-bond acceptors (Lipinski definition) is 4. The Balaban J connectivity index is 2.87. The van der Waals surface area contributed by atoms with Crippen LogP contribution in [0.1, 0.15) is 31.1 Å². The standard InChI is InChI=1S/C13H18N2O4/c1-13(2,3)10(14)11(17)15-7-4-5-8(12(18)19)9(16)6-7/h4-6,10,16H,14H2,1-3H3,(H,15,17)(H,18,19). The van der Waals surface area contributed by atoms with Gasteiger partial charge in [-0.15, -0.1) is 0 Å². The molecule has 0 bridgehead atoms. The van der Waals surface area contributed by atoms with Crippen LogP contribution >= 0.6 is 0 Å². The molecular formula is C13H18N2O4. The van der Waals surface area contributed by atoms with Crippen molar-refractivity contribution >= 4 is 17.6 Å². The van der Waals surface area contributed by atoms with Crippen LogP contribution in [0.2, 0.25) is 0 Å². The van der Waals surface area contributed by atoms with Crippen LogP contribution in [0.4, 0.5) is 5.69 Å². The maximum Gasteiger partial charge on any atom is 0.339 e. The Morgan fingerprint density at radius 1 is 1.32 bits per heavy atom. The summed E-state index contributed by atoms with van der Waals surface area (Å²) in [5.74, 6) is -2.04. The number of rotatable bonds is 3. The number of hydrogen-bond donors (Lipinski definition) is 4. The zero-order valence-corrected chi connectivity index (χ0v) is 11.1. The molecule has 5 N–H and O–H groups in total. The molecule has 1 rings (SSSR count). The van der Waals surface area contributed by atoms with Crippen LogP contribution in [-0.2, 0) is 4.79 Å². The Labute approximate surface area is 111 Å². The lowest BCUT2D eigenvalue weighted by atomic mass is 9.87. The maximum atomic E-state index is 11.9. The Morgan fingerprint density at radius 3 is 2.32 bits per heavy atom. The lowest BCUT2D eigenvalue weighted by Gasteiger charge is -2.25. The fraction of sp³-hybridized carbons (Fsp3) is 0.385. The van der Waals surface area contributed by atoms with Gasteiger partial charge in [-0.3, -0.25) is 4.79 Å². The van der Waals surface area contributed by atoms with Gasteiger partial charge in [-0.1, -0.05) is 20.8 Å². The van der Waals surface area contributed by atoms with Gasteiger partial charge in [-0.25, -0.2) is 4.79 Å². The number of carbonyl (C=O) groups is 2. The van der Waals surface area contributed by atoms with E-state index >= 15 is 0 Å². The summed E-state index contributed by atoms with van der Waals surface area (Å²) in [6.45, 7) is 5.51. The van der Waals surface area contributed by atoms with Gasteiger partial charge < -0.3 is 21.3 Å². The second kappa shape index (κ2) is 5.27. The van der Waals surface area contributed by atoms with Gasteiger partial charge in [0.05, 0.1) is 6.04 Å². The van der Waals surface area contributed by atoms with Crippen molar-refractivity contribution in [2.24, 2.45) is 11.1 Å². The van der Waals surface area contributed by atoms with Crippen molar-refractivity contribution in [3.63, 3.8) is 0 Å². The number of phenols is 1. The number of amides is 1. The molecule has 0 aliphatic heterocycles. The Hall–Kier alpha value is -2.08. The molecule has 1 aromatic rings. The summed E-state index contributed by atoms with van der Waals surface area (Å²) in [5, 5.41) is 20.8. The fourth-order valence-corrected chi connectivity index (χ4v) is 1.40. The molecule has 0 aliphatic carbocycles. The summed E-state index contributed by atoms with van der Waals surface area (Å²) >= 11 is 0. The van der Waals surface area contributed by atoms with Gasteiger partial charge >= 0.3 is 5.97 Å². The van der Waals surface area contributed by atoms with Crippen molar-refractivity contribution in [1.29, 1.82) is 0 Å². The van der Waals surface area contributed by atoms with Gasteiger partial charge in [-0.2, -0.15) is 0 Å². The predicted molar refractivity (Wildman–Crippen MR) is 71.1 cm³/mol. The molecule has 0 saturated heterocycles. The van der Waals surface area contributed by atoms with E-state index in [0.29, 0.717) is 5.69 Å². The number of nitrogens with two attached hydrogens (primary N) is 1. The molecule has 1 aromatic carbocycles. The molecule has 0 heterocycles. The van der Waals surface area contributed by atoms with E-state index < -0.39 is 29.1 Å². The highest BCUT2D eigenvalue weighted by Gasteiger charge is 2.27. The Morgan fingerprint density at radius 2 is 1.89 bits per heavy atom. The third kappa shape index (κ3) is 3.69. The van der Waals surface area contributed by atoms with E-state index in [1.165, 1.54) is 18.2 Å².